The fourth-order valence-electron chi connectivity index (χ4n) is 2.06. The molecule has 0 fully saturated rings. The van der Waals surface area contributed by atoms with Crippen LogP contribution < -0.4 is 0 Å². The lowest BCUT2D eigenvalue weighted by Gasteiger charge is -2.13. The Kier molecular flexibility index (Phi) is 3.37. The summed E-state index contributed by atoms with van der Waals surface area (Å²) in [6.07, 6.45) is -0.568. The zero-order valence-electron chi connectivity index (χ0n) is 9.91. The standard InChI is InChI=1S/C14H12O5/c15-12(16)7-11(14(18)19)10-6-5-8-3-1-2-4-9(8)13(10)17/h1-6,11,17H,7H2,(H,15,16)(H,18,19). The zero-order valence-corrected chi connectivity index (χ0v) is 9.91. The molecule has 1 unspecified atom stereocenters. The maximum atomic E-state index is 11.1. The largest absolute Gasteiger partial charge is 0.507 e. The van der Waals surface area contributed by atoms with Crippen molar-refractivity contribution in [2.24, 2.45) is 0 Å². The molecule has 0 bridgehead atoms. The molecule has 5 heteroatoms. The molecule has 0 aromatic heterocycles. The third-order valence-corrected chi connectivity index (χ3v) is 2.98. The summed E-state index contributed by atoms with van der Waals surface area (Å²) < 4.78 is 0. The number of rotatable bonds is 4. The molecule has 19 heavy (non-hydrogen) atoms. The molecule has 98 valence electrons. The minimum absolute atomic E-state index is 0.119. The van der Waals surface area contributed by atoms with Crippen molar-refractivity contribution in [2.75, 3.05) is 0 Å². The van der Waals surface area contributed by atoms with Gasteiger partial charge in [0.1, 0.15) is 5.75 Å². The first-order valence-electron chi connectivity index (χ1n) is 5.66. The number of fused-ring (bicyclic) bond motifs is 1. The minimum Gasteiger partial charge on any atom is -0.507 e. The first kappa shape index (κ1) is 12.9. The summed E-state index contributed by atoms with van der Waals surface area (Å²) in [4.78, 5) is 21.9. The second-order valence-electron chi connectivity index (χ2n) is 4.21. The van der Waals surface area contributed by atoms with Gasteiger partial charge in [0.15, 0.2) is 0 Å². The van der Waals surface area contributed by atoms with Crippen LogP contribution in [0.4, 0.5) is 0 Å². The second-order valence-corrected chi connectivity index (χ2v) is 4.21. The third kappa shape index (κ3) is 2.49. The molecule has 0 spiro atoms. The average molecular weight is 260 g/mol. The number of carboxylic acid groups (broad SMARTS) is 2. The lowest BCUT2D eigenvalue weighted by atomic mass is 9.92. The molecule has 0 aliphatic carbocycles. The van der Waals surface area contributed by atoms with Crippen molar-refractivity contribution >= 4 is 22.7 Å². The monoisotopic (exact) mass is 260 g/mol. The molecule has 0 aliphatic heterocycles. The van der Waals surface area contributed by atoms with Gasteiger partial charge in [0.2, 0.25) is 0 Å². The molecule has 5 nitrogen and oxygen atoms in total. The van der Waals surface area contributed by atoms with Crippen molar-refractivity contribution in [2.45, 2.75) is 12.3 Å². The molecule has 2 aromatic rings. The predicted octanol–water partition coefficient (Wildman–Crippen LogP) is 2.19. The molecule has 0 saturated carbocycles. The van der Waals surface area contributed by atoms with Crippen LogP contribution in [0.5, 0.6) is 5.75 Å². The Balaban J connectivity index is 2.57. The van der Waals surface area contributed by atoms with E-state index in [2.05, 4.69) is 0 Å². The number of hydrogen-bond donors (Lipinski definition) is 3. The highest BCUT2D eigenvalue weighted by Gasteiger charge is 2.26. The summed E-state index contributed by atoms with van der Waals surface area (Å²) in [6.45, 7) is 0. The average Bonchev–Trinajstić information content (AvgIpc) is 2.37. The number of phenols is 1. The summed E-state index contributed by atoms with van der Waals surface area (Å²) >= 11 is 0. The molecule has 0 radical (unpaired) electrons. The van der Waals surface area contributed by atoms with Gasteiger partial charge in [-0.3, -0.25) is 9.59 Å². The van der Waals surface area contributed by atoms with E-state index in [1.54, 1.807) is 30.3 Å². The van der Waals surface area contributed by atoms with Gasteiger partial charge in [0.25, 0.3) is 0 Å². The quantitative estimate of drug-likeness (QED) is 0.783. The number of benzene rings is 2. The van der Waals surface area contributed by atoms with Gasteiger partial charge in [0, 0.05) is 10.9 Å². The lowest BCUT2D eigenvalue weighted by Crippen LogP contribution is -2.16. The third-order valence-electron chi connectivity index (χ3n) is 2.98. The van der Waals surface area contributed by atoms with E-state index in [0.717, 1.165) is 5.39 Å². The van der Waals surface area contributed by atoms with Gasteiger partial charge in [-0.25, -0.2) is 0 Å². The summed E-state index contributed by atoms with van der Waals surface area (Å²) in [5.41, 5.74) is 0.119. The molecule has 0 amide bonds. The van der Waals surface area contributed by atoms with E-state index in [1.165, 1.54) is 6.07 Å². The van der Waals surface area contributed by atoms with Crippen LogP contribution >= 0.6 is 0 Å². The minimum atomic E-state index is -1.27. The van der Waals surface area contributed by atoms with E-state index in [9.17, 15) is 14.7 Å². The van der Waals surface area contributed by atoms with Crippen LogP contribution in [0, 0.1) is 0 Å². The van der Waals surface area contributed by atoms with Crippen LogP contribution in [-0.4, -0.2) is 27.3 Å². The number of aromatic hydroxyl groups is 1. The molecule has 0 heterocycles. The van der Waals surface area contributed by atoms with Crippen molar-refractivity contribution < 1.29 is 24.9 Å². The molecule has 2 aromatic carbocycles. The van der Waals surface area contributed by atoms with Crippen molar-refractivity contribution in [3.63, 3.8) is 0 Å². The summed E-state index contributed by atoms with van der Waals surface area (Å²) in [5.74, 6) is -3.93. The van der Waals surface area contributed by atoms with Crippen LogP contribution in [0.15, 0.2) is 36.4 Å². The lowest BCUT2D eigenvalue weighted by molar-refractivity contribution is -0.145. The SMILES string of the molecule is O=C(O)CC(C(=O)O)c1ccc2ccccc2c1O. The number of carbonyl (C=O) groups is 2. The number of phenolic OH excluding ortho intramolecular Hbond substituents is 1. The van der Waals surface area contributed by atoms with Gasteiger partial charge in [-0.1, -0.05) is 36.4 Å². The van der Waals surface area contributed by atoms with Gasteiger partial charge in [-0.15, -0.1) is 0 Å². The Hall–Kier alpha value is -2.56. The number of carboxylic acids is 2. The highest BCUT2D eigenvalue weighted by molar-refractivity contribution is 5.92. The van der Waals surface area contributed by atoms with Gasteiger partial charge in [0.05, 0.1) is 12.3 Å². The van der Waals surface area contributed by atoms with Crippen LogP contribution in [0.2, 0.25) is 0 Å². The Morgan fingerprint density at radius 2 is 1.74 bits per heavy atom. The van der Waals surface area contributed by atoms with E-state index in [4.69, 9.17) is 10.2 Å². The van der Waals surface area contributed by atoms with E-state index >= 15 is 0 Å². The van der Waals surface area contributed by atoms with Gasteiger partial charge in [-0.2, -0.15) is 0 Å². The van der Waals surface area contributed by atoms with Crippen molar-refractivity contribution in [1.82, 2.24) is 0 Å². The normalized spacial score (nSPS) is 12.2. The molecule has 0 saturated heterocycles. The summed E-state index contributed by atoms with van der Waals surface area (Å²) in [6, 6.07) is 10.1. The topological polar surface area (TPSA) is 94.8 Å². The van der Waals surface area contributed by atoms with Gasteiger partial charge < -0.3 is 15.3 Å². The first-order chi connectivity index (χ1) is 9.00. The zero-order chi connectivity index (χ0) is 14.0. The van der Waals surface area contributed by atoms with Crippen molar-refractivity contribution in [1.29, 1.82) is 0 Å². The fraction of sp³-hybridized carbons (Fsp3) is 0.143. The molecule has 1 atom stereocenters. The van der Waals surface area contributed by atoms with E-state index in [0.29, 0.717) is 5.39 Å². The van der Waals surface area contributed by atoms with Crippen LogP contribution in [0.3, 0.4) is 0 Å². The van der Waals surface area contributed by atoms with Crippen LogP contribution in [0.25, 0.3) is 10.8 Å². The Labute approximate surface area is 108 Å². The van der Waals surface area contributed by atoms with E-state index in [1.807, 2.05) is 0 Å². The maximum Gasteiger partial charge on any atom is 0.311 e. The maximum absolute atomic E-state index is 11.1. The molecule has 3 N–H and O–H groups in total. The van der Waals surface area contributed by atoms with Crippen molar-refractivity contribution in [3.05, 3.63) is 42.0 Å². The van der Waals surface area contributed by atoms with E-state index < -0.39 is 24.3 Å². The molecule has 0 aliphatic rings. The predicted molar refractivity (Wildman–Crippen MR) is 68.2 cm³/mol. The van der Waals surface area contributed by atoms with Crippen molar-refractivity contribution in [3.8, 4) is 5.75 Å². The van der Waals surface area contributed by atoms with E-state index in [-0.39, 0.29) is 11.3 Å². The molecule has 2 rings (SSSR count). The van der Waals surface area contributed by atoms with Gasteiger partial charge >= 0.3 is 11.9 Å². The Morgan fingerprint density at radius 1 is 1.05 bits per heavy atom. The van der Waals surface area contributed by atoms with Crippen LogP contribution in [-0.2, 0) is 9.59 Å². The smallest absolute Gasteiger partial charge is 0.311 e. The Bertz CT molecular complexity index is 647. The Morgan fingerprint density at radius 3 is 2.37 bits per heavy atom. The summed E-state index contributed by atoms with van der Waals surface area (Å²) in [5, 5.41) is 29.3. The fourth-order valence-corrected chi connectivity index (χ4v) is 2.06. The molecular weight excluding hydrogens is 248 g/mol. The van der Waals surface area contributed by atoms with Crippen LogP contribution in [0.1, 0.15) is 17.9 Å². The van der Waals surface area contributed by atoms with Gasteiger partial charge in [-0.05, 0) is 5.39 Å². The highest BCUT2D eigenvalue weighted by Crippen LogP contribution is 2.34. The number of aliphatic carboxylic acids is 2. The highest BCUT2D eigenvalue weighted by atomic mass is 16.4. The number of hydrogen-bond acceptors (Lipinski definition) is 3. The molecular formula is C14H12O5. The summed E-state index contributed by atoms with van der Waals surface area (Å²) in [7, 11) is 0. The second kappa shape index (κ2) is 4.97. The first-order valence-corrected chi connectivity index (χ1v) is 5.66.